The van der Waals surface area contributed by atoms with Crippen molar-refractivity contribution in [2.45, 2.75) is 20.3 Å². The Hall–Kier alpha value is -3.02. The molecule has 2 aromatic carbocycles. The lowest BCUT2D eigenvalue weighted by Crippen LogP contribution is -2.23. The molecule has 6 nitrogen and oxygen atoms in total. The number of rotatable bonds is 7. The van der Waals surface area contributed by atoms with Gasteiger partial charge in [0.25, 0.3) is 5.91 Å². The third-order valence-electron chi connectivity index (χ3n) is 4.55. The summed E-state index contributed by atoms with van der Waals surface area (Å²) in [7, 11) is 0. The topological polar surface area (TPSA) is 61.9 Å². The SMILES string of the molecule is CCCN(CC)c1ccc(C(=O)Nc2cccc(N3CCOC3=O)c2)cc1. The van der Waals surface area contributed by atoms with Gasteiger partial charge in [0, 0.05) is 35.7 Å². The van der Waals surface area contributed by atoms with E-state index in [1.807, 2.05) is 36.4 Å². The molecule has 1 N–H and O–H groups in total. The van der Waals surface area contributed by atoms with Gasteiger partial charge in [0.1, 0.15) is 6.61 Å². The fourth-order valence-electron chi connectivity index (χ4n) is 3.15. The summed E-state index contributed by atoms with van der Waals surface area (Å²) in [6.45, 7) is 7.11. The van der Waals surface area contributed by atoms with Gasteiger partial charge in [-0.25, -0.2) is 4.79 Å². The minimum Gasteiger partial charge on any atom is -0.447 e. The van der Waals surface area contributed by atoms with Crippen molar-refractivity contribution >= 4 is 29.1 Å². The minimum atomic E-state index is -0.360. The molecule has 27 heavy (non-hydrogen) atoms. The standard InChI is InChI=1S/C21H25N3O3/c1-3-12-23(4-2)18-10-8-16(9-11-18)20(25)22-17-6-5-7-19(15-17)24-13-14-27-21(24)26/h5-11,15H,3-4,12-14H2,1-2H3,(H,22,25). The van der Waals surface area contributed by atoms with Crippen LogP contribution < -0.4 is 15.1 Å². The lowest BCUT2D eigenvalue weighted by atomic mass is 10.1. The molecule has 142 valence electrons. The van der Waals surface area contributed by atoms with Crippen molar-refractivity contribution in [3.63, 3.8) is 0 Å². The number of nitrogens with one attached hydrogen (secondary N) is 1. The highest BCUT2D eigenvalue weighted by Crippen LogP contribution is 2.23. The first-order valence-electron chi connectivity index (χ1n) is 9.33. The van der Waals surface area contributed by atoms with E-state index in [0.717, 1.165) is 25.2 Å². The highest BCUT2D eigenvalue weighted by Gasteiger charge is 2.23. The zero-order valence-corrected chi connectivity index (χ0v) is 15.8. The molecule has 0 aromatic heterocycles. The predicted octanol–water partition coefficient (Wildman–Crippen LogP) is 4.13. The first kappa shape index (κ1) is 18.8. The predicted molar refractivity (Wildman–Crippen MR) is 108 cm³/mol. The maximum atomic E-state index is 12.6. The van der Waals surface area contributed by atoms with Gasteiger partial charge < -0.3 is 15.0 Å². The monoisotopic (exact) mass is 367 g/mol. The van der Waals surface area contributed by atoms with Crippen LogP contribution in [0.4, 0.5) is 21.9 Å². The van der Waals surface area contributed by atoms with Crippen LogP contribution in [0.25, 0.3) is 0 Å². The number of hydrogen-bond acceptors (Lipinski definition) is 4. The molecule has 1 saturated heterocycles. The van der Waals surface area contributed by atoms with E-state index in [0.29, 0.717) is 30.1 Å². The number of carbonyl (C=O) groups excluding carboxylic acids is 2. The Morgan fingerprint density at radius 1 is 1.19 bits per heavy atom. The number of nitrogens with zero attached hydrogens (tertiary/aromatic N) is 2. The van der Waals surface area contributed by atoms with E-state index in [4.69, 9.17) is 4.74 Å². The summed E-state index contributed by atoms with van der Waals surface area (Å²) >= 11 is 0. The second kappa shape index (κ2) is 8.58. The number of carbonyl (C=O) groups is 2. The normalized spacial score (nSPS) is 13.4. The van der Waals surface area contributed by atoms with Crippen molar-refractivity contribution in [3.8, 4) is 0 Å². The van der Waals surface area contributed by atoms with Gasteiger partial charge in [0.05, 0.1) is 6.54 Å². The molecular weight excluding hydrogens is 342 g/mol. The van der Waals surface area contributed by atoms with Crippen LogP contribution in [0.3, 0.4) is 0 Å². The number of hydrogen-bond donors (Lipinski definition) is 1. The van der Waals surface area contributed by atoms with Crippen LogP contribution in [-0.4, -0.2) is 38.2 Å². The van der Waals surface area contributed by atoms with Gasteiger partial charge in [0.2, 0.25) is 0 Å². The molecule has 2 aromatic rings. The van der Waals surface area contributed by atoms with Gasteiger partial charge in [-0.1, -0.05) is 13.0 Å². The summed E-state index contributed by atoms with van der Waals surface area (Å²) in [6, 6.07) is 14.8. The lowest BCUT2D eigenvalue weighted by molar-refractivity contribution is 0.102. The Kier molecular flexibility index (Phi) is 5.96. The molecule has 2 amide bonds. The molecule has 0 bridgehead atoms. The number of ether oxygens (including phenoxy) is 1. The van der Waals surface area contributed by atoms with Crippen LogP contribution >= 0.6 is 0 Å². The molecule has 1 fully saturated rings. The summed E-state index contributed by atoms with van der Waals surface area (Å²) in [5, 5.41) is 2.89. The van der Waals surface area contributed by atoms with Gasteiger partial charge in [-0.05, 0) is 55.8 Å². The van der Waals surface area contributed by atoms with Crippen LogP contribution in [0.1, 0.15) is 30.6 Å². The number of cyclic esters (lactones) is 1. The molecule has 1 heterocycles. The highest BCUT2D eigenvalue weighted by molar-refractivity contribution is 6.05. The summed E-state index contributed by atoms with van der Waals surface area (Å²) in [4.78, 5) is 28.1. The smallest absolute Gasteiger partial charge is 0.414 e. The first-order valence-corrected chi connectivity index (χ1v) is 9.33. The maximum absolute atomic E-state index is 12.6. The van der Waals surface area contributed by atoms with Gasteiger partial charge in [-0.2, -0.15) is 0 Å². The molecule has 3 rings (SSSR count). The Balaban J connectivity index is 1.69. The summed E-state index contributed by atoms with van der Waals surface area (Å²) in [6.07, 6.45) is 0.721. The molecule has 0 atom stereocenters. The first-order chi connectivity index (χ1) is 13.1. The molecule has 1 aliphatic rings. The van der Waals surface area contributed by atoms with Gasteiger partial charge in [0.15, 0.2) is 0 Å². The van der Waals surface area contributed by atoms with Gasteiger partial charge in [-0.15, -0.1) is 0 Å². The fourth-order valence-corrected chi connectivity index (χ4v) is 3.15. The lowest BCUT2D eigenvalue weighted by Gasteiger charge is -2.22. The summed E-state index contributed by atoms with van der Waals surface area (Å²) in [5.41, 5.74) is 3.06. The average molecular weight is 367 g/mol. The molecule has 0 aliphatic carbocycles. The average Bonchev–Trinajstić information content (AvgIpc) is 3.12. The zero-order chi connectivity index (χ0) is 19.2. The largest absolute Gasteiger partial charge is 0.447 e. The Bertz CT molecular complexity index is 805. The van der Waals surface area contributed by atoms with Crippen molar-refractivity contribution in [3.05, 3.63) is 54.1 Å². The summed E-state index contributed by atoms with van der Waals surface area (Å²) < 4.78 is 4.96. The van der Waals surface area contributed by atoms with Crippen molar-refractivity contribution in [2.75, 3.05) is 41.4 Å². The quantitative estimate of drug-likeness (QED) is 0.799. The van der Waals surface area contributed by atoms with E-state index in [1.54, 1.807) is 17.0 Å². The van der Waals surface area contributed by atoms with Crippen LogP contribution in [0, 0.1) is 0 Å². The van der Waals surface area contributed by atoms with Crippen LogP contribution in [0.15, 0.2) is 48.5 Å². The fraction of sp³-hybridized carbons (Fsp3) is 0.333. The highest BCUT2D eigenvalue weighted by atomic mass is 16.6. The Morgan fingerprint density at radius 3 is 2.59 bits per heavy atom. The van der Waals surface area contributed by atoms with E-state index in [9.17, 15) is 9.59 Å². The molecule has 0 radical (unpaired) electrons. The second-order valence-corrected chi connectivity index (χ2v) is 6.40. The van der Waals surface area contributed by atoms with Crippen LogP contribution in [0.5, 0.6) is 0 Å². The zero-order valence-electron chi connectivity index (χ0n) is 15.8. The second-order valence-electron chi connectivity index (χ2n) is 6.40. The van der Waals surface area contributed by atoms with Crippen molar-refractivity contribution in [2.24, 2.45) is 0 Å². The molecule has 0 spiro atoms. The van der Waals surface area contributed by atoms with E-state index in [-0.39, 0.29) is 12.0 Å². The summed E-state index contributed by atoms with van der Waals surface area (Å²) in [5.74, 6) is -0.179. The van der Waals surface area contributed by atoms with Gasteiger partial charge in [-0.3, -0.25) is 9.69 Å². The molecule has 6 heteroatoms. The molecule has 0 saturated carbocycles. The van der Waals surface area contributed by atoms with E-state index < -0.39 is 0 Å². The van der Waals surface area contributed by atoms with Gasteiger partial charge >= 0.3 is 6.09 Å². The third-order valence-corrected chi connectivity index (χ3v) is 4.55. The van der Waals surface area contributed by atoms with Crippen LogP contribution in [-0.2, 0) is 4.74 Å². The Labute approximate surface area is 159 Å². The maximum Gasteiger partial charge on any atom is 0.414 e. The van der Waals surface area contributed by atoms with E-state index >= 15 is 0 Å². The minimum absolute atomic E-state index is 0.179. The van der Waals surface area contributed by atoms with Crippen molar-refractivity contribution < 1.29 is 14.3 Å². The van der Waals surface area contributed by atoms with Crippen molar-refractivity contribution in [1.82, 2.24) is 0 Å². The molecular formula is C21H25N3O3. The van der Waals surface area contributed by atoms with Crippen molar-refractivity contribution in [1.29, 1.82) is 0 Å². The number of amides is 2. The number of anilines is 3. The van der Waals surface area contributed by atoms with E-state index in [1.165, 1.54) is 0 Å². The van der Waals surface area contributed by atoms with Crippen LogP contribution in [0.2, 0.25) is 0 Å². The number of benzene rings is 2. The Morgan fingerprint density at radius 2 is 1.96 bits per heavy atom. The van der Waals surface area contributed by atoms with E-state index in [2.05, 4.69) is 24.1 Å². The molecule has 1 aliphatic heterocycles. The molecule has 0 unspecified atom stereocenters. The third kappa shape index (κ3) is 4.39.